The number of hydrogen-bond donors (Lipinski definition) is 1. The van der Waals surface area contributed by atoms with Crippen molar-refractivity contribution in [3.05, 3.63) is 65.0 Å². The monoisotopic (exact) mass is 399 g/mol. The first-order valence-electron chi connectivity index (χ1n) is 10.2. The van der Waals surface area contributed by atoms with Gasteiger partial charge < -0.3 is 14.8 Å². The van der Waals surface area contributed by atoms with Gasteiger partial charge in [0.05, 0.1) is 0 Å². The number of rotatable bonds is 7. The highest BCUT2D eigenvalue weighted by molar-refractivity contribution is 5.77. The summed E-state index contributed by atoms with van der Waals surface area (Å²) in [5.41, 5.74) is 2.77. The Balaban J connectivity index is 1.65. The molecule has 5 heteroatoms. The highest BCUT2D eigenvalue weighted by Crippen LogP contribution is 2.34. The molecular formula is C24H30FNO3. The Morgan fingerprint density at radius 3 is 2.66 bits per heavy atom. The third-order valence-electron chi connectivity index (χ3n) is 5.66. The van der Waals surface area contributed by atoms with Crippen molar-refractivity contribution < 1.29 is 18.7 Å². The van der Waals surface area contributed by atoms with Gasteiger partial charge in [0.2, 0.25) is 0 Å². The fraction of sp³-hybridized carbons (Fsp3) is 0.458. The highest BCUT2D eigenvalue weighted by atomic mass is 19.1. The summed E-state index contributed by atoms with van der Waals surface area (Å²) < 4.78 is 25.1. The second-order valence-electron chi connectivity index (χ2n) is 8.16. The summed E-state index contributed by atoms with van der Waals surface area (Å²) in [7, 11) is 0. The van der Waals surface area contributed by atoms with Crippen LogP contribution >= 0.6 is 0 Å². The van der Waals surface area contributed by atoms with Crippen molar-refractivity contribution >= 4 is 5.91 Å². The molecule has 0 bridgehead atoms. The molecule has 0 aliphatic carbocycles. The number of carbonyl (C=O) groups excluding carboxylic acids is 1. The largest absolute Gasteiger partial charge is 0.483 e. The van der Waals surface area contributed by atoms with Gasteiger partial charge in [-0.05, 0) is 60.6 Å². The predicted molar refractivity (Wildman–Crippen MR) is 112 cm³/mol. The minimum absolute atomic E-state index is 0.0428. The highest BCUT2D eigenvalue weighted by Gasteiger charge is 2.35. The maximum Gasteiger partial charge on any atom is 0.257 e. The number of hydrogen-bond acceptors (Lipinski definition) is 3. The standard InChI is InChI=1S/C24H30FNO3/c1-17(2)21-8-7-18(3)13-22(21)29-15-23(27)26-16-24(9-11-28-12-10-24)19-5-4-6-20(25)14-19/h4-8,13-14,17H,9-12,15-16H2,1-3H3,(H,26,27). The van der Waals surface area contributed by atoms with Gasteiger partial charge in [-0.25, -0.2) is 4.39 Å². The van der Waals surface area contributed by atoms with Crippen LogP contribution in [0.3, 0.4) is 0 Å². The molecule has 1 fully saturated rings. The molecule has 0 saturated carbocycles. The Morgan fingerprint density at radius 2 is 1.97 bits per heavy atom. The number of halogens is 1. The van der Waals surface area contributed by atoms with Crippen molar-refractivity contribution in [2.45, 2.75) is 44.9 Å². The molecule has 1 heterocycles. The van der Waals surface area contributed by atoms with Crippen LogP contribution in [0.2, 0.25) is 0 Å². The van der Waals surface area contributed by atoms with E-state index in [9.17, 15) is 9.18 Å². The van der Waals surface area contributed by atoms with E-state index >= 15 is 0 Å². The molecule has 1 aliphatic rings. The molecule has 0 spiro atoms. The van der Waals surface area contributed by atoms with Crippen LogP contribution in [0.25, 0.3) is 0 Å². The topological polar surface area (TPSA) is 47.6 Å². The molecular weight excluding hydrogens is 369 g/mol. The van der Waals surface area contributed by atoms with E-state index in [0.29, 0.717) is 25.7 Å². The van der Waals surface area contributed by atoms with E-state index in [0.717, 1.165) is 35.3 Å². The first-order chi connectivity index (χ1) is 13.9. The molecule has 2 aromatic rings. The average molecular weight is 400 g/mol. The summed E-state index contributed by atoms with van der Waals surface area (Å²) in [5, 5.41) is 3.00. The van der Waals surface area contributed by atoms with Crippen molar-refractivity contribution in [3.63, 3.8) is 0 Å². The molecule has 0 atom stereocenters. The summed E-state index contributed by atoms with van der Waals surface area (Å²) in [6.07, 6.45) is 1.49. The van der Waals surface area contributed by atoms with Gasteiger partial charge in [-0.2, -0.15) is 0 Å². The van der Waals surface area contributed by atoms with Crippen LogP contribution in [-0.2, 0) is 14.9 Å². The van der Waals surface area contributed by atoms with Crippen LogP contribution in [0.15, 0.2) is 42.5 Å². The lowest BCUT2D eigenvalue weighted by Crippen LogP contribution is -2.45. The van der Waals surface area contributed by atoms with Gasteiger partial charge in [0.1, 0.15) is 11.6 Å². The van der Waals surface area contributed by atoms with Gasteiger partial charge in [0.25, 0.3) is 5.91 Å². The van der Waals surface area contributed by atoms with Crippen LogP contribution in [0.4, 0.5) is 4.39 Å². The minimum atomic E-state index is -0.317. The Labute approximate surface area is 172 Å². The van der Waals surface area contributed by atoms with Gasteiger partial charge in [0.15, 0.2) is 6.61 Å². The molecule has 1 saturated heterocycles. The number of carbonyl (C=O) groups is 1. The van der Waals surface area contributed by atoms with Gasteiger partial charge in [-0.15, -0.1) is 0 Å². The summed E-state index contributed by atoms with van der Waals surface area (Å²) >= 11 is 0. The third-order valence-corrected chi connectivity index (χ3v) is 5.66. The van der Waals surface area contributed by atoms with Crippen LogP contribution < -0.4 is 10.1 Å². The van der Waals surface area contributed by atoms with Gasteiger partial charge in [0, 0.05) is 25.2 Å². The number of nitrogens with one attached hydrogen (secondary N) is 1. The predicted octanol–water partition coefficient (Wildman–Crippen LogP) is 4.50. The maximum absolute atomic E-state index is 13.8. The fourth-order valence-electron chi connectivity index (χ4n) is 3.85. The lowest BCUT2D eigenvalue weighted by molar-refractivity contribution is -0.123. The molecule has 156 valence electrons. The van der Waals surface area contributed by atoms with Gasteiger partial charge >= 0.3 is 0 Å². The molecule has 4 nitrogen and oxygen atoms in total. The summed E-state index contributed by atoms with van der Waals surface area (Å²) in [5.74, 6) is 0.625. The Morgan fingerprint density at radius 1 is 1.21 bits per heavy atom. The zero-order chi connectivity index (χ0) is 20.9. The molecule has 0 aromatic heterocycles. The van der Waals surface area contributed by atoms with E-state index in [2.05, 4.69) is 25.2 Å². The molecule has 1 N–H and O–H groups in total. The first kappa shape index (κ1) is 21.3. The van der Waals surface area contributed by atoms with E-state index in [1.165, 1.54) is 6.07 Å². The van der Waals surface area contributed by atoms with Crippen molar-refractivity contribution in [1.29, 1.82) is 0 Å². The third kappa shape index (κ3) is 5.36. The number of ether oxygens (including phenoxy) is 2. The molecule has 0 unspecified atom stereocenters. The minimum Gasteiger partial charge on any atom is -0.483 e. The number of aryl methyl sites for hydroxylation is 1. The summed E-state index contributed by atoms with van der Waals surface area (Å²) in [4.78, 5) is 12.5. The van der Waals surface area contributed by atoms with Crippen molar-refractivity contribution in [2.24, 2.45) is 0 Å². The number of benzene rings is 2. The molecule has 1 aliphatic heterocycles. The van der Waals surface area contributed by atoms with Crippen LogP contribution in [-0.4, -0.2) is 32.3 Å². The fourth-order valence-corrected chi connectivity index (χ4v) is 3.85. The zero-order valence-corrected chi connectivity index (χ0v) is 17.5. The van der Waals surface area contributed by atoms with E-state index in [4.69, 9.17) is 9.47 Å². The maximum atomic E-state index is 13.8. The second kappa shape index (κ2) is 9.40. The van der Waals surface area contributed by atoms with Crippen LogP contribution in [0.1, 0.15) is 49.3 Å². The Hall–Kier alpha value is -2.40. The van der Waals surface area contributed by atoms with E-state index < -0.39 is 0 Å². The second-order valence-corrected chi connectivity index (χ2v) is 8.16. The SMILES string of the molecule is Cc1ccc(C(C)C)c(OCC(=O)NCC2(c3cccc(F)c3)CCOCC2)c1. The Kier molecular flexibility index (Phi) is 6.91. The summed E-state index contributed by atoms with van der Waals surface area (Å²) in [6, 6.07) is 12.7. The van der Waals surface area contributed by atoms with Crippen molar-refractivity contribution in [2.75, 3.05) is 26.4 Å². The number of amides is 1. The molecule has 3 rings (SSSR count). The van der Waals surface area contributed by atoms with Crippen LogP contribution in [0, 0.1) is 12.7 Å². The molecule has 2 aromatic carbocycles. The van der Waals surface area contributed by atoms with Crippen molar-refractivity contribution in [3.8, 4) is 5.75 Å². The normalized spacial score (nSPS) is 15.9. The smallest absolute Gasteiger partial charge is 0.257 e. The molecule has 1 amide bonds. The molecule has 0 radical (unpaired) electrons. The lowest BCUT2D eigenvalue weighted by atomic mass is 9.74. The first-order valence-corrected chi connectivity index (χ1v) is 10.2. The molecule has 29 heavy (non-hydrogen) atoms. The van der Waals surface area contributed by atoms with Gasteiger partial charge in [-0.1, -0.05) is 38.1 Å². The Bertz CT molecular complexity index is 844. The lowest BCUT2D eigenvalue weighted by Gasteiger charge is -2.38. The van der Waals surface area contributed by atoms with E-state index in [1.54, 1.807) is 12.1 Å². The zero-order valence-electron chi connectivity index (χ0n) is 17.5. The van der Waals surface area contributed by atoms with Gasteiger partial charge in [-0.3, -0.25) is 4.79 Å². The summed E-state index contributed by atoms with van der Waals surface area (Å²) in [6.45, 7) is 7.81. The average Bonchev–Trinajstić information content (AvgIpc) is 2.71. The quantitative estimate of drug-likeness (QED) is 0.746. The van der Waals surface area contributed by atoms with E-state index in [1.807, 2.05) is 25.1 Å². The van der Waals surface area contributed by atoms with Crippen LogP contribution in [0.5, 0.6) is 5.75 Å². The van der Waals surface area contributed by atoms with E-state index in [-0.39, 0.29) is 23.7 Å². The van der Waals surface area contributed by atoms with Crippen molar-refractivity contribution in [1.82, 2.24) is 5.32 Å².